The van der Waals surface area contributed by atoms with Gasteiger partial charge in [0.2, 0.25) is 0 Å². The summed E-state index contributed by atoms with van der Waals surface area (Å²) in [5.41, 5.74) is 2.92. The normalized spacial score (nSPS) is 27.5. The fourth-order valence-electron chi connectivity index (χ4n) is 5.31. The van der Waals surface area contributed by atoms with E-state index in [-0.39, 0.29) is 10.8 Å². The van der Waals surface area contributed by atoms with E-state index in [1.54, 1.807) is 0 Å². The number of hydrogen-bond acceptors (Lipinski definition) is 2. The van der Waals surface area contributed by atoms with E-state index in [2.05, 4.69) is 81.3 Å². The molecule has 2 aromatic carbocycles. The number of nitrogens with zero attached hydrogens (tertiary/aromatic N) is 2. The minimum Gasteiger partial charge on any atom is -0.348 e. The summed E-state index contributed by atoms with van der Waals surface area (Å²) in [5, 5.41) is 4.28. The maximum absolute atomic E-state index is 5.78. The van der Waals surface area contributed by atoms with Gasteiger partial charge in [0, 0.05) is 42.9 Å². The molecule has 4 rings (SSSR count). The Hall–Kier alpha value is -1.43. The van der Waals surface area contributed by atoms with Crippen LogP contribution >= 0.6 is 28.1 Å². The number of anilines is 1. The van der Waals surface area contributed by atoms with Gasteiger partial charge >= 0.3 is 0 Å². The molecule has 0 radical (unpaired) electrons. The van der Waals surface area contributed by atoms with Gasteiger partial charge in [-0.2, -0.15) is 0 Å². The quantitative estimate of drug-likeness (QED) is 0.623. The molecule has 5 heteroatoms. The fraction of sp³-hybridized carbons (Fsp3) is 0.435. The first-order valence-electron chi connectivity index (χ1n) is 9.91. The number of thiocarbonyl (C=S) groups is 1. The first-order valence-corrected chi connectivity index (χ1v) is 11.1. The molecule has 3 nitrogen and oxygen atoms in total. The highest BCUT2D eigenvalue weighted by Crippen LogP contribution is 2.46. The van der Waals surface area contributed by atoms with E-state index >= 15 is 0 Å². The van der Waals surface area contributed by atoms with Gasteiger partial charge in [-0.3, -0.25) is 4.90 Å². The van der Waals surface area contributed by atoms with Crippen molar-refractivity contribution in [2.75, 3.05) is 31.5 Å². The van der Waals surface area contributed by atoms with Crippen molar-refractivity contribution in [1.29, 1.82) is 0 Å². The molecular formula is C23H28BrN3S. The van der Waals surface area contributed by atoms with Crippen LogP contribution in [0.3, 0.4) is 0 Å². The van der Waals surface area contributed by atoms with E-state index < -0.39 is 0 Å². The molecule has 148 valence electrons. The summed E-state index contributed by atoms with van der Waals surface area (Å²) in [6, 6.07) is 18.8. The SMILES string of the molecule is CC12CN(Cc3ccccc3Br)CC(C)(CN(C(=S)Nc3ccccc3)C1)C2. The summed E-state index contributed by atoms with van der Waals surface area (Å²) < 4.78 is 1.20. The monoisotopic (exact) mass is 457 g/mol. The van der Waals surface area contributed by atoms with E-state index in [1.165, 1.54) is 16.5 Å². The van der Waals surface area contributed by atoms with Crippen LogP contribution in [0.1, 0.15) is 25.8 Å². The zero-order valence-corrected chi connectivity index (χ0v) is 19.0. The van der Waals surface area contributed by atoms with Crippen LogP contribution in [0.25, 0.3) is 0 Å². The van der Waals surface area contributed by atoms with E-state index in [4.69, 9.17) is 12.2 Å². The second-order valence-corrected chi connectivity index (χ2v) is 10.4. The number of likely N-dealkylation sites (tertiary alicyclic amines) is 2. The van der Waals surface area contributed by atoms with E-state index in [0.29, 0.717) is 0 Å². The lowest BCUT2D eigenvalue weighted by molar-refractivity contribution is -0.0553. The Kier molecular flexibility index (Phi) is 5.51. The Morgan fingerprint density at radius 1 is 0.964 bits per heavy atom. The number of piperidine rings is 2. The molecule has 2 fully saturated rings. The summed E-state index contributed by atoms with van der Waals surface area (Å²) in [5.74, 6) is 0. The second-order valence-electron chi connectivity index (χ2n) is 9.19. The molecule has 2 heterocycles. The van der Waals surface area contributed by atoms with Crippen LogP contribution in [0, 0.1) is 10.8 Å². The van der Waals surface area contributed by atoms with Gasteiger partial charge in [0.05, 0.1) is 0 Å². The van der Waals surface area contributed by atoms with Crippen molar-refractivity contribution >= 4 is 38.9 Å². The molecule has 0 saturated carbocycles. The van der Waals surface area contributed by atoms with E-state index in [0.717, 1.165) is 43.5 Å². The lowest BCUT2D eigenvalue weighted by Crippen LogP contribution is -2.63. The number of hydrogen-bond donors (Lipinski definition) is 1. The molecule has 2 unspecified atom stereocenters. The Morgan fingerprint density at radius 2 is 1.57 bits per heavy atom. The first-order chi connectivity index (χ1) is 13.3. The highest BCUT2D eigenvalue weighted by Gasteiger charge is 2.48. The molecule has 2 saturated heterocycles. The second kappa shape index (κ2) is 7.77. The Balaban J connectivity index is 1.47. The number of fused-ring (bicyclic) bond motifs is 2. The lowest BCUT2D eigenvalue weighted by atomic mass is 9.65. The highest BCUT2D eigenvalue weighted by molar-refractivity contribution is 9.10. The van der Waals surface area contributed by atoms with Gasteiger partial charge in [-0.15, -0.1) is 0 Å². The third-order valence-corrected chi connectivity index (χ3v) is 7.01. The highest BCUT2D eigenvalue weighted by atomic mass is 79.9. The molecule has 28 heavy (non-hydrogen) atoms. The third-order valence-electron chi connectivity index (χ3n) is 5.87. The smallest absolute Gasteiger partial charge is 0.173 e. The number of rotatable bonds is 3. The maximum Gasteiger partial charge on any atom is 0.173 e. The van der Waals surface area contributed by atoms with Gasteiger partial charge < -0.3 is 10.2 Å². The zero-order chi connectivity index (χ0) is 19.8. The largest absolute Gasteiger partial charge is 0.348 e. The van der Waals surface area contributed by atoms with Gasteiger partial charge in [0.25, 0.3) is 0 Å². The van der Waals surface area contributed by atoms with Crippen molar-refractivity contribution in [3.63, 3.8) is 0 Å². The van der Waals surface area contributed by atoms with Gasteiger partial charge in [0.15, 0.2) is 5.11 Å². The molecule has 0 spiro atoms. The molecule has 2 atom stereocenters. The average molecular weight is 458 g/mol. The summed E-state index contributed by atoms with van der Waals surface area (Å²) in [4.78, 5) is 5.02. The fourth-order valence-corrected chi connectivity index (χ4v) is 5.97. The topological polar surface area (TPSA) is 18.5 Å². The summed E-state index contributed by atoms with van der Waals surface area (Å²) in [7, 11) is 0. The van der Waals surface area contributed by atoms with Crippen molar-refractivity contribution in [1.82, 2.24) is 9.80 Å². The molecule has 0 aromatic heterocycles. The predicted molar refractivity (Wildman–Crippen MR) is 124 cm³/mol. The summed E-state index contributed by atoms with van der Waals surface area (Å²) in [6.07, 6.45) is 1.26. The summed E-state index contributed by atoms with van der Waals surface area (Å²) >= 11 is 9.49. The predicted octanol–water partition coefficient (Wildman–Crippen LogP) is 5.38. The van der Waals surface area contributed by atoms with Gasteiger partial charge in [-0.1, -0.05) is 66.2 Å². The maximum atomic E-state index is 5.78. The Bertz CT molecular complexity index is 838. The third kappa shape index (κ3) is 4.42. The standard InChI is InChI=1S/C23H28BrN3S/c1-22-13-23(2,15-26(14-22)12-18-8-6-7-11-20(18)24)17-27(16-22)21(28)25-19-9-4-3-5-10-19/h3-11H,12-17H2,1-2H3,(H,25,28). The van der Waals surface area contributed by atoms with Crippen molar-refractivity contribution in [2.45, 2.75) is 26.8 Å². The minimum absolute atomic E-state index is 0.245. The molecular weight excluding hydrogens is 430 g/mol. The van der Waals surface area contributed by atoms with Crippen LogP contribution in [-0.4, -0.2) is 41.1 Å². The van der Waals surface area contributed by atoms with Gasteiger partial charge in [-0.05, 0) is 53.2 Å². The van der Waals surface area contributed by atoms with E-state index in [1.807, 2.05) is 18.2 Å². The minimum atomic E-state index is 0.245. The van der Waals surface area contributed by atoms with E-state index in [9.17, 15) is 0 Å². The van der Waals surface area contributed by atoms with Crippen molar-refractivity contribution in [3.05, 3.63) is 64.6 Å². The molecule has 0 amide bonds. The first kappa shape index (κ1) is 19.9. The number of para-hydroxylation sites is 1. The number of nitrogens with one attached hydrogen (secondary N) is 1. The molecule has 2 aromatic rings. The average Bonchev–Trinajstić information content (AvgIpc) is 2.62. The summed E-state index contributed by atoms with van der Waals surface area (Å²) in [6.45, 7) is 10.1. The van der Waals surface area contributed by atoms with Crippen molar-refractivity contribution in [3.8, 4) is 0 Å². The van der Waals surface area contributed by atoms with Crippen molar-refractivity contribution < 1.29 is 0 Å². The molecule has 2 bridgehead atoms. The molecule has 1 N–H and O–H groups in total. The Morgan fingerprint density at radius 3 is 2.21 bits per heavy atom. The van der Waals surface area contributed by atoms with Crippen LogP contribution < -0.4 is 5.32 Å². The van der Waals surface area contributed by atoms with Crippen LogP contribution in [0.2, 0.25) is 0 Å². The van der Waals surface area contributed by atoms with Gasteiger partial charge in [-0.25, -0.2) is 0 Å². The number of benzene rings is 2. The van der Waals surface area contributed by atoms with Crippen LogP contribution in [0.4, 0.5) is 5.69 Å². The Labute approximate surface area is 182 Å². The molecule has 2 aliphatic heterocycles. The van der Waals surface area contributed by atoms with Crippen LogP contribution in [0.5, 0.6) is 0 Å². The van der Waals surface area contributed by atoms with Crippen LogP contribution in [0.15, 0.2) is 59.1 Å². The van der Waals surface area contributed by atoms with Crippen molar-refractivity contribution in [2.24, 2.45) is 10.8 Å². The lowest BCUT2D eigenvalue weighted by Gasteiger charge is -2.57. The molecule has 0 aliphatic carbocycles. The number of halogens is 1. The molecule has 2 aliphatic rings. The van der Waals surface area contributed by atoms with Crippen LogP contribution in [-0.2, 0) is 6.54 Å². The zero-order valence-electron chi connectivity index (χ0n) is 16.6. The van der Waals surface area contributed by atoms with Gasteiger partial charge in [0.1, 0.15) is 0 Å².